The normalized spacial score (nSPS) is 13.0. The second-order valence-corrected chi connectivity index (χ2v) is 9.66. The fourth-order valence-electron chi connectivity index (χ4n) is 2.78. The molecule has 1 amide bonds. The van der Waals surface area contributed by atoms with Gasteiger partial charge in [-0.05, 0) is 37.8 Å². The highest BCUT2D eigenvalue weighted by molar-refractivity contribution is 7.91. The molecule has 0 aromatic heterocycles. The summed E-state index contributed by atoms with van der Waals surface area (Å²) in [5, 5.41) is 2.93. The molecule has 0 saturated heterocycles. The third kappa shape index (κ3) is 6.60. The third-order valence-electron chi connectivity index (χ3n) is 3.15. The Kier molecular flexibility index (Phi) is 5.79. The van der Waals surface area contributed by atoms with Gasteiger partial charge >= 0.3 is 0 Å². The van der Waals surface area contributed by atoms with E-state index in [0.717, 1.165) is 6.42 Å². The number of carbonyl (C=O) groups is 1. The molecule has 0 spiro atoms. The quantitative estimate of drug-likeness (QED) is 0.873. The lowest BCUT2D eigenvalue weighted by atomic mass is 9.82. The standard InChI is InChI=1S/C17H27NO3S/c1-16(2,3)13-17(4,5)18-15(19)11-12-22(20,21)14-9-7-6-8-10-14/h6-10H,11-13H2,1-5H3,(H,18,19). The fourth-order valence-corrected chi connectivity index (χ4v) is 4.04. The van der Waals surface area contributed by atoms with Gasteiger partial charge in [-0.1, -0.05) is 39.0 Å². The van der Waals surface area contributed by atoms with Crippen LogP contribution >= 0.6 is 0 Å². The van der Waals surface area contributed by atoms with E-state index in [-0.39, 0.29) is 33.9 Å². The van der Waals surface area contributed by atoms with Crippen LogP contribution in [0.1, 0.15) is 47.5 Å². The van der Waals surface area contributed by atoms with E-state index in [0.29, 0.717) is 0 Å². The Bertz CT molecular complexity index is 599. The summed E-state index contributed by atoms with van der Waals surface area (Å²) in [5.74, 6) is -0.400. The predicted octanol–water partition coefficient (Wildman–Crippen LogP) is 3.18. The Labute approximate surface area is 134 Å². The first-order valence-electron chi connectivity index (χ1n) is 7.50. The van der Waals surface area contributed by atoms with Crippen molar-refractivity contribution in [1.29, 1.82) is 0 Å². The molecule has 1 rings (SSSR count). The lowest BCUT2D eigenvalue weighted by molar-refractivity contribution is -0.122. The van der Waals surface area contributed by atoms with Gasteiger partial charge < -0.3 is 5.32 Å². The van der Waals surface area contributed by atoms with Gasteiger partial charge in [0.1, 0.15) is 0 Å². The highest BCUT2D eigenvalue weighted by Crippen LogP contribution is 2.26. The molecule has 124 valence electrons. The molecule has 0 aliphatic carbocycles. The number of carbonyl (C=O) groups excluding carboxylic acids is 1. The Balaban J connectivity index is 2.60. The van der Waals surface area contributed by atoms with Crippen LogP contribution in [-0.2, 0) is 14.6 Å². The molecule has 0 unspecified atom stereocenters. The number of amides is 1. The molecule has 0 saturated carbocycles. The summed E-state index contributed by atoms with van der Waals surface area (Å²) >= 11 is 0. The van der Waals surface area contributed by atoms with Crippen molar-refractivity contribution in [1.82, 2.24) is 5.32 Å². The average Bonchev–Trinajstić information content (AvgIpc) is 2.34. The number of nitrogens with one attached hydrogen (secondary N) is 1. The Morgan fingerprint density at radius 3 is 2.09 bits per heavy atom. The molecule has 1 aromatic rings. The fraction of sp³-hybridized carbons (Fsp3) is 0.588. The van der Waals surface area contributed by atoms with Gasteiger partial charge in [0, 0.05) is 12.0 Å². The van der Waals surface area contributed by atoms with Crippen molar-refractivity contribution in [3.05, 3.63) is 30.3 Å². The molecule has 4 nitrogen and oxygen atoms in total. The first-order chi connectivity index (χ1) is 9.91. The summed E-state index contributed by atoms with van der Waals surface area (Å²) in [6, 6.07) is 8.23. The van der Waals surface area contributed by atoms with Crippen LogP contribution in [0.2, 0.25) is 0 Å². The monoisotopic (exact) mass is 325 g/mol. The molecule has 22 heavy (non-hydrogen) atoms. The minimum atomic E-state index is -3.41. The lowest BCUT2D eigenvalue weighted by Gasteiger charge is -2.33. The van der Waals surface area contributed by atoms with Crippen LogP contribution in [0, 0.1) is 5.41 Å². The zero-order valence-electron chi connectivity index (χ0n) is 14.1. The third-order valence-corrected chi connectivity index (χ3v) is 4.88. The summed E-state index contributed by atoms with van der Waals surface area (Å²) in [5.41, 5.74) is -0.265. The van der Waals surface area contributed by atoms with Gasteiger partial charge in [-0.3, -0.25) is 4.79 Å². The van der Waals surface area contributed by atoms with E-state index in [1.54, 1.807) is 30.3 Å². The van der Waals surface area contributed by atoms with Crippen LogP contribution in [0.25, 0.3) is 0 Å². The van der Waals surface area contributed by atoms with E-state index >= 15 is 0 Å². The van der Waals surface area contributed by atoms with Crippen molar-refractivity contribution in [2.45, 2.75) is 57.9 Å². The number of hydrogen-bond acceptors (Lipinski definition) is 3. The van der Waals surface area contributed by atoms with E-state index < -0.39 is 9.84 Å². The SMILES string of the molecule is CC(C)(C)CC(C)(C)NC(=O)CCS(=O)(=O)c1ccccc1. The summed E-state index contributed by atoms with van der Waals surface area (Å²) in [7, 11) is -3.41. The maximum atomic E-state index is 12.2. The summed E-state index contributed by atoms with van der Waals surface area (Å²) in [4.78, 5) is 12.3. The minimum absolute atomic E-state index is 0.0230. The molecule has 1 N–H and O–H groups in total. The smallest absolute Gasteiger partial charge is 0.221 e. The van der Waals surface area contributed by atoms with Crippen molar-refractivity contribution < 1.29 is 13.2 Å². The molecule has 0 radical (unpaired) electrons. The predicted molar refractivity (Wildman–Crippen MR) is 89.4 cm³/mol. The lowest BCUT2D eigenvalue weighted by Crippen LogP contribution is -2.46. The highest BCUT2D eigenvalue weighted by atomic mass is 32.2. The molecule has 0 fully saturated rings. The van der Waals surface area contributed by atoms with E-state index in [1.165, 1.54) is 0 Å². The zero-order chi connectivity index (χ0) is 17.0. The molecular weight excluding hydrogens is 298 g/mol. The maximum Gasteiger partial charge on any atom is 0.221 e. The van der Waals surface area contributed by atoms with Crippen LogP contribution in [0.3, 0.4) is 0 Å². The van der Waals surface area contributed by atoms with Gasteiger partial charge in [-0.15, -0.1) is 0 Å². The molecule has 1 aromatic carbocycles. The summed E-state index contributed by atoms with van der Waals surface area (Å²) < 4.78 is 24.3. The van der Waals surface area contributed by atoms with E-state index in [9.17, 15) is 13.2 Å². The van der Waals surface area contributed by atoms with Crippen LogP contribution in [0.15, 0.2) is 35.2 Å². The Morgan fingerprint density at radius 1 is 1.05 bits per heavy atom. The molecule has 0 heterocycles. The van der Waals surface area contributed by atoms with Gasteiger partial charge in [-0.2, -0.15) is 0 Å². The first-order valence-corrected chi connectivity index (χ1v) is 9.15. The second-order valence-electron chi connectivity index (χ2n) is 7.55. The van der Waals surface area contributed by atoms with Crippen LogP contribution in [0.4, 0.5) is 0 Å². The first kappa shape index (κ1) is 18.7. The Morgan fingerprint density at radius 2 is 1.59 bits per heavy atom. The maximum absolute atomic E-state index is 12.2. The van der Waals surface area contributed by atoms with Crippen LogP contribution in [0.5, 0.6) is 0 Å². The van der Waals surface area contributed by atoms with Gasteiger partial charge in [0.25, 0.3) is 0 Å². The van der Waals surface area contributed by atoms with Crippen molar-refractivity contribution in [3.8, 4) is 0 Å². The van der Waals surface area contributed by atoms with Crippen LogP contribution in [-0.4, -0.2) is 25.6 Å². The average molecular weight is 325 g/mol. The minimum Gasteiger partial charge on any atom is -0.351 e. The topological polar surface area (TPSA) is 63.2 Å². The van der Waals surface area contributed by atoms with Gasteiger partial charge in [-0.25, -0.2) is 8.42 Å². The number of rotatable bonds is 6. The van der Waals surface area contributed by atoms with Gasteiger partial charge in [0.15, 0.2) is 9.84 Å². The molecule has 0 bridgehead atoms. The van der Waals surface area contributed by atoms with E-state index in [2.05, 4.69) is 26.1 Å². The second kappa shape index (κ2) is 6.82. The summed E-state index contributed by atoms with van der Waals surface area (Å²) in [6.07, 6.45) is 0.794. The van der Waals surface area contributed by atoms with Gasteiger partial charge in [0.2, 0.25) is 5.91 Å². The highest BCUT2D eigenvalue weighted by Gasteiger charge is 2.27. The van der Waals surface area contributed by atoms with E-state index in [4.69, 9.17) is 0 Å². The van der Waals surface area contributed by atoms with Crippen molar-refractivity contribution in [2.75, 3.05) is 5.75 Å². The molecule has 0 aliphatic rings. The van der Waals surface area contributed by atoms with Crippen LogP contribution < -0.4 is 5.32 Å². The number of sulfone groups is 1. The number of hydrogen-bond donors (Lipinski definition) is 1. The van der Waals surface area contributed by atoms with Crippen molar-refractivity contribution >= 4 is 15.7 Å². The molecular formula is C17H27NO3S. The Hall–Kier alpha value is -1.36. The van der Waals surface area contributed by atoms with Gasteiger partial charge in [0.05, 0.1) is 10.6 Å². The largest absolute Gasteiger partial charge is 0.351 e. The number of benzene rings is 1. The molecule has 0 aliphatic heterocycles. The van der Waals surface area contributed by atoms with E-state index in [1.807, 2.05) is 13.8 Å². The van der Waals surface area contributed by atoms with Crippen molar-refractivity contribution in [3.63, 3.8) is 0 Å². The zero-order valence-corrected chi connectivity index (χ0v) is 15.0. The molecule has 5 heteroatoms. The summed E-state index contributed by atoms with van der Waals surface area (Å²) in [6.45, 7) is 10.3. The molecule has 0 atom stereocenters. The van der Waals surface area contributed by atoms with Crippen molar-refractivity contribution in [2.24, 2.45) is 5.41 Å².